The molecular weight excluding hydrogens is 817 g/mol. The molecule has 0 radical (unpaired) electrons. The summed E-state index contributed by atoms with van der Waals surface area (Å²) in [5.41, 5.74) is 0. The monoisotopic (exact) mass is 911 g/mol. The first-order valence-corrected chi connectivity index (χ1v) is 26.3. The van der Waals surface area contributed by atoms with Crippen LogP contribution >= 0.6 is 0 Å². The van der Waals surface area contributed by atoms with Crippen molar-refractivity contribution >= 4 is 17.9 Å². The number of hydrogen-bond acceptors (Lipinski definition) is 6. The van der Waals surface area contributed by atoms with Crippen molar-refractivity contribution in [3.8, 4) is 0 Å². The largest absolute Gasteiger partial charge is 0.462 e. The van der Waals surface area contributed by atoms with Gasteiger partial charge in [0.15, 0.2) is 6.10 Å². The van der Waals surface area contributed by atoms with Crippen LogP contribution in [0.4, 0.5) is 0 Å². The van der Waals surface area contributed by atoms with E-state index in [2.05, 4.69) is 81.5 Å². The van der Waals surface area contributed by atoms with Gasteiger partial charge in [-0.15, -0.1) is 0 Å². The van der Waals surface area contributed by atoms with Crippen LogP contribution in [0, 0.1) is 0 Å². The maximum Gasteiger partial charge on any atom is 0.306 e. The summed E-state index contributed by atoms with van der Waals surface area (Å²) in [5, 5.41) is 0. The zero-order chi connectivity index (χ0) is 47.9. The first kappa shape index (κ1) is 61.5. The average molecular weight is 911 g/mol. The Morgan fingerprint density at radius 3 is 1.11 bits per heavy atom. The zero-order valence-corrected chi connectivity index (χ0v) is 42.1. The van der Waals surface area contributed by atoms with Gasteiger partial charge in [0.25, 0.3) is 0 Å². The maximum absolute atomic E-state index is 12.8. The van der Waals surface area contributed by atoms with E-state index in [0.29, 0.717) is 19.3 Å². The van der Waals surface area contributed by atoms with Crippen LogP contribution < -0.4 is 0 Å². The minimum absolute atomic E-state index is 0.109. The highest BCUT2D eigenvalue weighted by molar-refractivity contribution is 5.71. The molecule has 370 valence electrons. The predicted molar refractivity (Wildman–Crippen MR) is 283 cm³/mol. The molecule has 6 nitrogen and oxygen atoms in total. The lowest BCUT2D eigenvalue weighted by molar-refractivity contribution is -0.167. The first-order chi connectivity index (χ1) is 32.5. The summed E-state index contributed by atoms with van der Waals surface area (Å²) in [6.07, 6.45) is 74.3. The van der Waals surface area contributed by atoms with Crippen molar-refractivity contribution in [1.82, 2.24) is 0 Å². The highest BCUT2D eigenvalue weighted by atomic mass is 16.6. The Morgan fingerprint density at radius 1 is 0.333 bits per heavy atom. The van der Waals surface area contributed by atoms with Gasteiger partial charge in [-0.1, -0.05) is 244 Å². The average Bonchev–Trinajstić information content (AvgIpc) is 3.31. The van der Waals surface area contributed by atoms with E-state index in [1.807, 2.05) is 72.9 Å². The fourth-order valence-electron chi connectivity index (χ4n) is 6.71. The smallest absolute Gasteiger partial charge is 0.306 e. The number of carbonyl (C=O) groups is 3. The third-order valence-corrected chi connectivity index (χ3v) is 10.6. The Kier molecular flexibility index (Phi) is 49.6. The van der Waals surface area contributed by atoms with Gasteiger partial charge in [-0.3, -0.25) is 14.4 Å². The predicted octanol–water partition coefficient (Wildman–Crippen LogP) is 17.5. The number of esters is 3. The number of hydrogen-bond donors (Lipinski definition) is 0. The van der Waals surface area contributed by atoms with E-state index >= 15 is 0 Å². The lowest BCUT2D eigenvalue weighted by Crippen LogP contribution is -2.30. The van der Waals surface area contributed by atoms with Crippen LogP contribution in [0.15, 0.2) is 134 Å². The topological polar surface area (TPSA) is 78.9 Å². The normalized spacial score (nSPS) is 13.2. The quantitative estimate of drug-likeness (QED) is 0.0199. The summed E-state index contributed by atoms with van der Waals surface area (Å²) in [5.74, 6) is -0.995. The molecule has 0 fully saturated rings. The van der Waals surface area contributed by atoms with Gasteiger partial charge in [0.2, 0.25) is 0 Å². The molecule has 0 aromatic heterocycles. The second kappa shape index (κ2) is 53.2. The second-order valence-electron chi connectivity index (χ2n) is 16.9. The van der Waals surface area contributed by atoms with Crippen LogP contribution in [0.3, 0.4) is 0 Å². The van der Waals surface area contributed by atoms with E-state index < -0.39 is 6.10 Å². The van der Waals surface area contributed by atoms with Gasteiger partial charge in [0.1, 0.15) is 13.2 Å². The van der Waals surface area contributed by atoms with Crippen molar-refractivity contribution in [2.75, 3.05) is 13.2 Å². The lowest BCUT2D eigenvalue weighted by atomic mass is 10.0. The SMILES string of the molecule is CC\C=C/C=C\C=C/C=C\C=C\C=C/C=C\CCCCCC(=O)OCC(COC(=O)CCCCCCCCCCCCCCC)OC(=O)CCCCC/C=C\C/C=C\C/C=C\C/C=C\CC. The third-order valence-electron chi connectivity index (χ3n) is 10.6. The van der Waals surface area contributed by atoms with Crippen LogP contribution in [0.5, 0.6) is 0 Å². The van der Waals surface area contributed by atoms with Crippen LogP contribution in [0.25, 0.3) is 0 Å². The van der Waals surface area contributed by atoms with Gasteiger partial charge in [-0.05, 0) is 77.0 Å². The summed E-state index contributed by atoms with van der Waals surface area (Å²) in [6.45, 7) is 6.29. The second-order valence-corrected chi connectivity index (χ2v) is 16.9. The Labute approximate surface area is 405 Å². The molecule has 1 unspecified atom stereocenters. The molecule has 0 rings (SSSR count). The molecule has 0 N–H and O–H groups in total. The van der Waals surface area contributed by atoms with Crippen molar-refractivity contribution in [2.24, 2.45) is 0 Å². The minimum atomic E-state index is -0.817. The summed E-state index contributed by atoms with van der Waals surface area (Å²) in [4.78, 5) is 38.0. The molecule has 0 bridgehead atoms. The first-order valence-electron chi connectivity index (χ1n) is 26.3. The molecular formula is C60H94O6. The number of allylic oxidation sites excluding steroid dienone is 22. The number of rotatable bonds is 45. The van der Waals surface area contributed by atoms with E-state index in [4.69, 9.17) is 14.2 Å². The van der Waals surface area contributed by atoms with Crippen LogP contribution in [-0.4, -0.2) is 37.2 Å². The molecule has 0 saturated heterocycles. The van der Waals surface area contributed by atoms with Crippen molar-refractivity contribution < 1.29 is 28.6 Å². The molecule has 0 aliphatic rings. The van der Waals surface area contributed by atoms with Crippen molar-refractivity contribution in [3.63, 3.8) is 0 Å². The van der Waals surface area contributed by atoms with Crippen LogP contribution in [0.1, 0.15) is 207 Å². The van der Waals surface area contributed by atoms with Gasteiger partial charge in [-0.2, -0.15) is 0 Å². The van der Waals surface area contributed by atoms with E-state index in [9.17, 15) is 14.4 Å². The molecule has 0 aliphatic heterocycles. The zero-order valence-electron chi connectivity index (χ0n) is 42.1. The van der Waals surface area contributed by atoms with Crippen molar-refractivity contribution in [2.45, 2.75) is 213 Å². The van der Waals surface area contributed by atoms with Gasteiger partial charge in [0.05, 0.1) is 0 Å². The molecule has 0 aromatic carbocycles. The molecule has 6 heteroatoms. The van der Waals surface area contributed by atoms with E-state index in [1.165, 1.54) is 64.2 Å². The summed E-state index contributed by atoms with van der Waals surface area (Å²) < 4.78 is 16.7. The van der Waals surface area contributed by atoms with Gasteiger partial charge < -0.3 is 14.2 Å². The number of unbranched alkanes of at least 4 members (excludes halogenated alkanes) is 18. The summed E-state index contributed by atoms with van der Waals surface area (Å²) >= 11 is 0. The maximum atomic E-state index is 12.8. The lowest BCUT2D eigenvalue weighted by Gasteiger charge is -2.18. The molecule has 0 aromatic rings. The van der Waals surface area contributed by atoms with E-state index in [1.54, 1.807) is 0 Å². The molecule has 0 aliphatic carbocycles. The number of carbonyl (C=O) groups excluding carboxylic acids is 3. The van der Waals surface area contributed by atoms with Crippen LogP contribution in [0.2, 0.25) is 0 Å². The van der Waals surface area contributed by atoms with Crippen molar-refractivity contribution in [1.29, 1.82) is 0 Å². The Morgan fingerprint density at radius 2 is 0.667 bits per heavy atom. The summed E-state index contributed by atoms with van der Waals surface area (Å²) in [6, 6.07) is 0. The van der Waals surface area contributed by atoms with E-state index in [0.717, 1.165) is 96.3 Å². The molecule has 0 spiro atoms. The molecule has 0 amide bonds. The highest BCUT2D eigenvalue weighted by Crippen LogP contribution is 2.14. The van der Waals surface area contributed by atoms with Gasteiger partial charge in [0, 0.05) is 19.3 Å². The summed E-state index contributed by atoms with van der Waals surface area (Å²) in [7, 11) is 0. The van der Waals surface area contributed by atoms with Gasteiger partial charge >= 0.3 is 17.9 Å². The fourth-order valence-corrected chi connectivity index (χ4v) is 6.71. The molecule has 0 heterocycles. The standard InChI is InChI=1S/C60H94O6/c1-4-7-10-13-16-19-22-25-27-29-30-31-33-35-38-41-44-47-50-53-59(62)65-56-57(55-64-58(61)52-49-46-43-40-37-34-24-21-18-15-12-9-6-3)66-60(63)54-51-48-45-42-39-36-32-28-26-23-20-17-14-11-8-5-2/h7-8,10-11,13,16-17,19-20,22,25-31,33,35-36,38-39,57H,4-6,9,12,14-15,18,21,23-24,32,34,37,40-56H2,1-3H3/b10-7-,11-8-,16-13-,20-17-,22-19-,27-25-,28-26-,30-29+,33-31-,38-35-,39-36-. The Balaban J connectivity index is 4.57. The minimum Gasteiger partial charge on any atom is -0.462 e. The third kappa shape index (κ3) is 50.5. The van der Waals surface area contributed by atoms with Crippen LogP contribution in [-0.2, 0) is 28.6 Å². The molecule has 66 heavy (non-hydrogen) atoms. The Hall–Kier alpha value is -4.45. The highest BCUT2D eigenvalue weighted by Gasteiger charge is 2.19. The van der Waals surface area contributed by atoms with Crippen molar-refractivity contribution in [3.05, 3.63) is 134 Å². The van der Waals surface area contributed by atoms with E-state index in [-0.39, 0.29) is 37.5 Å². The molecule has 1 atom stereocenters. The van der Waals surface area contributed by atoms with Gasteiger partial charge in [-0.25, -0.2) is 0 Å². The fraction of sp³-hybridized carbons (Fsp3) is 0.583. The number of ether oxygens (including phenoxy) is 3. The molecule has 0 saturated carbocycles. The Bertz CT molecular complexity index is 1460.